The van der Waals surface area contributed by atoms with Gasteiger partial charge in [0, 0.05) is 42.0 Å². The van der Waals surface area contributed by atoms with E-state index in [1.807, 2.05) is 31.2 Å². The van der Waals surface area contributed by atoms with Gasteiger partial charge in [0.05, 0.1) is 13.7 Å². The highest BCUT2D eigenvalue weighted by molar-refractivity contribution is 5.75. The average Bonchev–Trinajstić information content (AvgIpc) is 2.82. The van der Waals surface area contributed by atoms with Crippen molar-refractivity contribution in [2.75, 3.05) is 25.6 Å². The summed E-state index contributed by atoms with van der Waals surface area (Å²) in [4.78, 5) is 8.56. The smallest absolute Gasteiger partial charge is 0.283 e. The number of aliphatic imine (C=N–C) groups is 1. The van der Waals surface area contributed by atoms with E-state index in [4.69, 9.17) is 24.7 Å². The van der Waals surface area contributed by atoms with Gasteiger partial charge in [0.25, 0.3) is 6.02 Å². The van der Waals surface area contributed by atoms with E-state index in [1.54, 1.807) is 18.3 Å². The van der Waals surface area contributed by atoms with Crippen molar-refractivity contribution in [2.24, 2.45) is 10.7 Å². The molecule has 0 aliphatic carbocycles. The molecule has 0 bridgehead atoms. The minimum absolute atomic E-state index is 0.0324. The molecule has 2 aromatic carbocycles. The van der Waals surface area contributed by atoms with Crippen molar-refractivity contribution in [1.82, 2.24) is 4.98 Å². The lowest BCUT2D eigenvalue weighted by Gasteiger charge is -2.41. The molecule has 1 atom stereocenters. The molecule has 170 valence electrons. The Kier molecular flexibility index (Phi) is 5.16. The van der Waals surface area contributed by atoms with Crippen molar-refractivity contribution in [1.29, 1.82) is 0 Å². The van der Waals surface area contributed by atoms with E-state index in [0.29, 0.717) is 53.8 Å². The standard InChI is InChI=1S/C24H23FN4O4/c1-3-31-20-5-4-9-27-22(20)29-14-6-7-19-16(11-14)24(8-10-28-23(26)33-24)17-12-15(30-2)13-18(25)21(17)32-19/h4-7,9,11-13H,3,8,10H2,1-2H3,(H2,26,28)(H,27,29)/t24-/m0/s1. The van der Waals surface area contributed by atoms with Crippen molar-refractivity contribution in [3.05, 3.63) is 65.6 Å². The lowest BCUT2D eigenvalue weighted by molar-refractivity contribution is 0.0624. The Morgan fingerprint density at radius 3 is 2.88 bits per heavy atom. The number of hydrogen-bond donors (Lipinski definition) is 2. The van der Waals surface area contributed by atoms with Crippen LogP contribution in [0.4, 0.5) is 15.9 Å². The molecule has 2 aliphatic heterocycles. The van der Waals surface area contributed by atoms with E-state index in [2.05, 4.69) is 15.3 Å². The Balaban J connectivity index is 1.63. The van der Waals surface area contributed by atoms with Gasteiger partial charge in [-0.15, -0.1) is 0 Å². The summed E-state index contributed by atoms with van der Waals surface area (Å²) in [6.45, 7) is 2.84. The second-order valence-electron chi connectivity index (χ2n) is 7.61. The summed E-state index contributed by atoms with van der Waals surface area (Å²) >= 11 is 0. The Labute approximate surface area is 190 Å². The number of aromatic nitrogens is 1. The van der Waals surface area contributed by atoms with E-state index < -0.39 is 11.4 Å². The van der Waals surface area contributed by atoms with Crippen LogP contribution in [0.2, 0.25) is 0 Å². The van der Waals surface area contributed by atoms with Gasteiger partial charge in [-0.1, -0.05) is 0 Å². The van der Waals surface area contributed by atoms with Crippen molar-refractivity contribution >= 4 is 17.5 Å². The van der Waals surface area contributed by atoms with Gasteiger partial charge in [0.2, 0.25) is 0 Å². The number of nitrogens with zero attached hydrogens (tertiary/aromatic N) is 2. The lowest BCUT2D eigenvalue weighted by atomic mass is 9.79. The minimum atomic E-state index is -1.09. The zero-order valence-electron chi connectivity index (χ0n) is 18.2. The van der Waals surface area contributed by atoms with Crippen LogP contribution in [0, 0.1) is 5.82 Å². The van der Waals surface area contributed by atoms with Crippen LogP contribution in [0.1, 0.15) is 24.5 Å². The van der Waals surface area contributed by atoms with E-state index in [9.17, 15) is 4.39 Å². The first-order valence-corrected chi connectivity index (χ1v) is 10.6. The minimum Gasteiger partial charge on any atom is -0.497 e. The molecular formula is C24H23FN4O4. The van der Waals surface area contributed by atoms with Crippen molar-refractivity contribution < 1.29 is 23.3 Å². The molecule has 8 nitrogen and oxygen atoms in total. The van der Waals surface area contributed by atoms with Gasteiger partial charge in [0.15, 0.2) is 28.7 Å². The number of rotatable bonds is 5. The number of benzene rings is 2. The first kappa shape index (κ1) is 20.9. The molecule has 3 N–H and O–H groups in total. The van der Waals surface area contributed by atoms with E-state index in [0.717, 1.165) is 5.69 Å². The van der Waals surface area contributed by atoms with Gasteiger partial charge in [-0.2, -0.15) is 0 Å². The number of methoxy groups -OCH3 is 1. The molecule has 0 fully saturated rings. The van der Waals surface area contributed by atoms with Crippen LogP contribution in [0.5, 0.6) is 23.0 Å². The largest absolute Gasteiger partial charge is 0.497 e. The third-order valence-corrected chi connectivity index (χ3v) is 5.66. The van der Waals surface area contributed by atoms with Gasteiger partial charge in [-0.05, 0) is 43.3 Å². The number of amidine groups is 1. The SMILES string of the molecule is CCOc1cccnc1Nc1ccc2c(c1)[C@@]1(CCN=C(N)O1)c1cc(OC)cc(F)c1O2. The van der Waals surface area contributed by atoms with Gasteiger partial charge in [-0.3, -0.25) is 0 Å². The van der Waals surface area contributed by atoms with Gasteiger partial charge >= 0.3 is 0 Å². The molecule has 1 spiro atoms. The molecule has 33 heavy (non-hydrogen) atoms. The van der Waals surface area contributed by atoms with E-state index in [1.165, 1.54) is 13.2 Å². The van der Waals surface area contributed by atoms with Crippen LogP contribution < -0.4 is 25.3 Å². The topological polar surface area (TPSA) is 100 Å². The van der Waals surface area contributed by atoms with Crippen LogP contribution in [0.25, 0.3) is 0 Å². The maximum Gasteiger partial charge on any atom is 0.283 e. The fourth-order valence-corrected chi connectivity index (χ4v) is 4.22. The molecule has 9 heteroatoms. The second kappa shape index (κ2) is 8.16. The second-order valence-corrected chi connectivity index (χ2v) is 7.61. The number of pyridine rings is 1. The van der Waals surface area contributed by atoms with Gasteiger partial charge < -0.3 is 30.0 Å². The zero-order valence-corrected chi connectivity index (χ0v) is 18.2. The molecule has 0 amide bonds. The number of nitrogens with two attached hydrogens (primary N) is 1. The summed E-state index contributed by atoms with van der Waals surface area (Å²) in [5.74, 6) is 1.57. The predicted octanol–water partition coefficient (Wildman–Crippen LogP) is 4.46. The molecule has 0 radical (unpaired) electrons. The van der Waals surface area contributed by atoms with Gasteiger partial charge in [0.1, 0.15) is 11.5 Å². The molecule has 0 saturated carbocycles. The Bertz CT molecular complexity index is 1250. The molecule has 3 aromatic rings. The zero-order chi connectivity index (χ0) is 23.0. The Morgan fingerprint density at radius 2 is 2.09 bits per heavy atom. The maximum absolute atomic E-state index is 15.0. The fourth-order valence-electron chi connectivity index (χ4n) is 4.22. The first-order valence-electron chi connectivity index (χ1n) is 10.6. The summed E-state index contributed by atoms with van der Waals surface area (Å²) in [7, 11) is 1.48. The summed E-state index contributed by atoms with van der Waals surface area (Å²) in [6, 6.07) is 12.2. The van der Waals surface area contributed by atoms with Crippen LogP contribution in [-0.4, -0.2) is 31.3 Å². The first-order chi connectivity index (χ1) is 16.0. The average molecular weight is 450 g/mol. The molecule has 0 unspecified atom stereocenters. The highest BCUT2D eigenvalue weighted by atomic mass is 19.1. The molecule has 1 aromatic heterocycles. The number of halogens is 1. The third kappa shape index (κ3) is 3.55. The quantitative estimate of drug-likeness (QED) is 0.592. The third-order valence-electron chi connectivity index (χ3n) is 5.66. The molecule has 3 heterocycles. The van der Waals surface area contributed by atoms with E-state index in [-0.39, 0.29) is 11.8 Å². The van der Waals surface area contributed by atoms with Crippen molar-refractivity contribution in [2.45, 2.75) is 18.9 Å². The number of anilines is 2. The monoisotopic (exact) mass is 450 g/mol. The molecular weight excluding hydrogens is 427 g/mol. The van der Waals surface area contributed by atoms with Crippen LogP contribution in [0.15, 0.2) is 53.7 Å². The fraction of sp³-hybridized carbons (Fsp3) is 0.250. The number of fused-ring (bicyclic) bond motifs is 4. The number of nitrogens with one attached hydrogen (secondary N) is 1. The van der Waals surface area contributed by atoms with Gasteiger partial charge in [-0.25, -0.2) is 14.4 Å². The summed E-state index contributed by atoms with van der Waals surface area (Å²) in [5.41, 5.74) is 6.83. The van der Waals surface area contributed by atoms with E-state index >= 15 is 0 Å². The highest BCUT2D eigenvalue weighted by Gasteiger charge is 2.48. The molecule has 2 aliphatic rings. The summed E-state index contributed by atoms with van der Waals surface area (Å²) < 4.78 is 38.1. The normalized spacial score (nSPS) is 18.3. The number of ether oxygens (including phenoxy) is 4. The van der Waals surface area contributed by atoms with Crippen molar-refractivity contribution in [3.8, 4) is 23.0 Å². The van der Waals surface area contributed by atoms with Crippen LogP contribution in [0.3, 0.4) is 0 Å². The van der Waals surface area contributed by atoms with Crippen LogP contribution >= 0.6 is 0 Å². The maximum atomic E-state index is 15.0. The number of hydrogen-bond acceptors (Lipinski definition) is 8. The summed E-state index contributed by atoms with van der Waals surface area (Å²) in [6.07, 6.45) is 2.13. The Morgan fingerprint density at radius 1 is 1.21 bits per heavy atom. The molecule has 0 saturated heterocycles. The van der Waals surface area contributed by atoms with Crippen molar-refractivity contribution in [3.63, 3.8) is 0 Å². The highest BCUT2D eigenvalue weighted by Crippen LogP contribution is 2.54. The Hall–Kier alpha value is -4.01. The lowest BCUT2D eigenvalue weighted by Crippen LogP contribution is -2.42. The summed E-state index contributed by atoms with van der Waals surface area (Å²) in [5, 5.41) is 3.29. The van der Waals surface area contributed by atoms with Crippen LogP contribution in [-0.2, 0) is 10.3 Å². The predicted molar refractivity (Wildman–Crippen MR) is 121 cm³/mol. The molecule has 5 rings (SSSR count).